The number of hydrogen-bond acceptors (Lipinski definition) is 6. The number of hydrogen-bond donors (Lipinski definition) is 1. The van der Waals surface area contributed by atoms with Gasteiger partial charge in [0.2, 0.25) is 5.91 Å². The largest absolute Gasteiger partial charge is 0.379 e. The molecular formula is C26H32N4O3. The average Bonchev–Trinajstić information content (AvgIpc) is 3.44. The van der Waals surface area contributed by atoms with E-state index in [2.05, 4.69) is 39.5 Å². The smallest absolute Gasteiger partial charge is 0.230 e. The predicted octanol–water partition coefficient (Wildman–Crippen LogP) is 4.24. The van der Waals surface area contributed by atoms with Gasteiger partial charge in [-0.05, 0) is 63.3 Å². The first kappa shape index (κ1) is 20.9. The van der Waals surface area contributed by atoms with Crippen LogP contribution in [0.25, 0.3) is 0 Å². The summed E-state index contributed by atoms with van der Waals surface area (Å²) in [6, 6.07) is 10.9. The Bertz CT molecular complexity index is 1040. The Hall–Kier alpha value is -2.64. The molecule has 1 N–H and O–H groups in total. The van der Waals surface area contributed by atoms with Crippen LogP contribution in [0.15, 0.2) is 36.5 Å². The lowest BCUT2D eigenvalue weighted by molar-refractivity contribution is -0.124. The van der Waals surface area contributed by atoms with E-state index in [0.29, 0.717) is 24.8 Å². The van der Waals surface area contributed by atoms with Gasteiger partial charge in [0.1, 0.15) is 5.82 Å². The number of amides is 1. The number of nitrogens with one attached hydrogen (secondary N) is 1. The molecule has 2 atom stereocenters. The highest BCUT2D eigenvalue weighted by Gasteiger charge is 2.40. The van der Waals surface area contributed by atoms with Gasteiger partial charge in [-0.2, -0.15) is 0 Å². The van der Waals surface area contributed by atoms with Gasteiger partial charge in [0.05, 0.1) is 42.8 Å². The van der Waals surface area contributed by atoms with E-state index in [1.165, 1.54) is 5.69 Å². The number of aromatic nitrogens is 1. The number of rotatable bonds is 4. The van der Waals surface area contributed by atoms with E-state index in [1.54, 1.807) is 6.20 Å². The number of benzene rings is 1. The molecule has 0 spiro atoms. The fraction of sp³-hybridized carbons (Fsp3) is 0.538. The van der Waals surface area contributed by atoms with Crippen molar-refractivity contribution < 1.29 is 14.3 Å². The fourth-order valence-corrected chi connectivity index (χ4v) is 5.93. The lowest BCUT2D eigenvalue weighted by Gasteiger charge is -2.33. The first-order valence-corrected chi connectivity index (χ1v) is 12.4. The minimum Gasteiger partial charge on any atom is -0.379 e. The van der Waals surface area contributed by atoms with Crippen LogP contribution in [0.3, 0.4) is 0 Å². The van der Waals surface area contributed by atoms with Crippen LogP contribution in [0, 0.1) is 5.92 Å². The van der Waals surface area contributed by atoms with Gasteiger partial charge in [-0.15, -0.1) is 0 Å². The van der Waals surface area contributed by atoms with Gasteiger partial charge < -0.3 is 24.6 Å². The summed E-state index contributed by atoms with van der Waals surface area (Å²) < 4.78 is 11.6. The van der Waals surface area contributed by atoms with Crippen LogP contribution in [0.2, 0.25) is 0 Å². The Labute approximate surface area is 195 Å². The lowest BCUT2D eigenvalue weighted by atomic mass is 9.86. The molecule has 174 valence electrons. The van der Waals surface area contributed by atoms with Crippen LogP contribution in [-0.2, 0) is 20.8 Å². The van der Waals surface area contributed by atoms with Gasteiger partial charge in [-0.3, -0.25) is 4.79 Å². The summed E-state index contributed by atoms with van der Waals surface area (Å²) in [6.45, 7) is 5.03. The molecule has 2 bridgehead atoms. The molecule has 0 unspecified atom stereocenters. The molecule has 6 rings (SSSR count). The third-order valence-electron chi connectivity index (χ3n) is 7.67. The van der Waals surface area contributed by atoms with E-state index in [1.807, 2.05) is 17.9 Å². The molecule has 4 aliphatic rings. The van der Waals surface area contributed by atoms with Gasteiger partial charge in [0.25, 0.3) is 0 Å². The van der Waals surface area contributed by atoms with Gasteiger partial charge in [0, 0.05) is 36.5 Å². The van der Waals surface area contributed by atoms with E-state index >= 15 is 0 Å². The zero-order valence-corrected chi connectivity index (χ0v) is 19.2. The van der Waals surface area contributed by atoms with Crippen molar-refractivity contribution in [2.45, 2.75) is 63.8 Å². The maximum absolute atomic E-state index is 13.9. The molecule has 0 radical (unpaired) electrons. The molecule has 1 amide bonds. The highest BCUT2D eigenvalue weighted by atomic mass is 16.5. The van der Waals surface area contributed by atoms with Crippen LogP contribution >= 0.6 is 0 Å². The van der Waals surface area contributed by atoms with Crippen molar-refractivity contribution in [3.05, 3.63) is 42.1 Å². The summed E-state index contributed by atoms with van der Waals surface area (Å²) in [7, 11) is 0. The standard InChI is InChI=1S/C26H32N4O3/c1-2-32-21-8-5-17(6-9-21)26(31)30-14-18-4-3-11-27-25(18)28-23-10-7-19(13-24(23)30)29-15-22-12-20(29)16-33-22/h3-4,7,10-11,13,17,20-22H,2,5-6,8-9,12,14-16H2,1H3,(H,27,28)/t17?,20-,21?,22-/m0/s1. The Morgan fingerprint density at radius 2 is 2.12 bits per heavy atom. The van der Waals surface area contributed by atoms with Gasteiger partial charge in [-0.1, -0.05) is 6.07 Å². The molecule has 1 aromatic heterocycles. The minimum atomic E-state index is 0.0348. The van der Waals surface area contributed by atoms with Crippen molar-refractivity contribution in [3.8, 4) is 0 Å². The number of carbonyl (C=O) groups excluding carboxylic acids is 1. The van der Waals surface area contributed by atoms with E-state index in [4.69, 9.17) is 9.47 Å². The molecule has 1 saturated carbocycles. The molecule has 2 aromatic rings. The van der Waals surface area contributed by atoms with Crippen molar-refractivity contribution in [1.29, 1.82) is 0 Å². The molecule has 7 nitrogen and oxygen atoms in total. The average molecular weight is 449 g/mol. The first-order valence-electron chi connectivity index (χ1n) is 12.4. The second-order valence-electron chi connectivity index (χ2n) is 9.69. The minimum absolute atomic E-state index is 0.0348. The van der Waals surface area contributed by atoms with Crippen molar-refractivity contribution in [3.63, 3.8) is 0 Å². The first-order chi connectivity index (χ1) is 16.2. The SMILES string of the molecule is CCOC1CCC(C(=O)N2Cc3cccnc3Nc3ccc(N4C[C@@H]5C[C@H]4CO5)cc32)CC1. The maximum atomic E-state index is 13.9. The number of fused-ring (bicyclic) bond motifs is 4. The normalized spacial score (nSPS) is 28.2. The topological polar surface area (TPSA) is 66.9 Å². The highest BCUT2D eigenvalue weighted by Crippen LogP contribution is 2.41. The Morgan fingerprint density at radius 1 is 1.24 bits per heavy atom. The summed E-state index contributed by atoms with van der Waals surface area (Å²) in [6.07, 6.45) is 7.20. The molecule has 7 heteroatoms. The summed E-state index contributed by atoms with van der Waals surface area (Å²) in [5.74, 6) is 1.08. The molecule has 1 aromatic carbocycles. The number of pyridine rings is 1. The highest BCUT2D eigenvalue weighted by molar-refractivity contribution is 6.00. The fourth-order valence-electron chi connectivity index (χ4n) is 5.93. The zero-order chi connectivity index (χ0) is 22.4. The second kappa shape index (κ2) is 8.61. The molecule has 3 fully saturated rings. The van der Waals surface area contributed by atoms with Crippen LogP contribution < -0.4 is 15.1 Å². The Kier molecular flexibility index (Phi) is 5.46. The summed E-state index contributed by atoms with van der Waals surface area (Å²) in [5.41, 5.74) is 4.10. The van der Waals surface area contributed by atoms with E-state index in [-0.39, 0.29) is 11.8 Å². The summed E-state index contributed by atoms with van der Waals surface area (Å²) in [5, 5.41) is 3.50. The summed E-state index contributed by atoms with van der Waals surface area (Å²) >= 11 is 0. The van der Waals surface area contributed by atoms with Crippen molar-refractivity contribution in [1.82, 2.24) is 4.98 Å². The van der Waals surface area contributed by atoms with Crippen LogP contribution in [0.1, 0.15) is 44.6 Å². The molecule has 3 aliphatic heterocycles. The second-order valence-corrected chi connectivity index (χ2v) is 9.69. The quantitative estimate of drug-likeness (QED) is 0.755. The zero-order valence-electron chi connectivity index (χ0n) is 19.2. The van der Waals surface area contributed by atoms with Crippen LogP contribution in [0.4, 0.5) is 22.9 Å². The number of anilines is 4. The van der Waals surface area contributed by atoms with E-state index in [9.17, 15) is 4.79 Å². The molecular weight excluding hydrogens is 416 g/mol. The van der Waals surface area contributed by atoms with Gasteiger partial charge >= 0.3 is 0 Å². The van der Waals surface area contributed by atoms with Crippen molar-refractivity contribution in [2.24, 2.45) is 5.92 Å². The molecule has 4 heterocycles. The van der Waals surface area contributed by atoms with Gasteiger partial charge in [-0.25, -0.2) is 4.98 Å². The van der Waals surface area contributed by atoms with Gasteiger partial charge in [0.15, 0.2) is 0 Å². The van der Waals surface area contributed by atoms with Crippen molar-refractivity contribution >= 4 is 28.8 Å². The number of ether oxygens (including phenoxy) is 2. The number of nitrogens with zero attached hydrogens (tertiary/aromatic N) is 3. The maximum Gasteiger partial charge on any atom is 0.230 e. The van der Waals surface area contributed by atoms with E-state index < -0.39 is 0 Å². The predicted molar refractivity (Wildman–Crippen MR) is 128 cm³/mol. The van der Waals surface area contributed by atoms with E-state index in [0.717, 1.165) is 74.6 Å². The monoisotopic (exact) mass is 448 g/mol. The van der Waals surface area contributed by atoms with Crippen LogP contribution in [-0.4, -0.2) is 48.9 Å². The molecule has 1 aliphatic carbocycles. The molecule has 2 saturated heterocycles. The Balaban J connectivity index is 1.32. The number of carbonyl (C=O) groups is 1. The molecule has 33 heavy (non-hydrogen) atoms. The Morgan fingerprint density at radius 3 is 2.88 bits per heavy atom. The lowest BCUT2D eigenvalue weighted by Crippen LogP contribution is -2.39. The third kappa shape index (κ3) is 3.87. The number of morpholine rings is 1. The van der Waals surface area contributed by atoms with Crippen molar-refractivity contribution in [2.75, 3.05) is 34.9 Å². The summed E-state index contributed by atoms with van der Waals surface area (Å²) in [4.78, 5) is 22.9. The third-order valence-corrected chi connectivity index (χ3v) is 7.67. The van der Waals surface area contributed by atoms with Crippen LogP contribution in [0.5, 0.6) is 0 Å².